The van der Waals surface area contributed by atoms with Gasteiger partial charge in [0.25, 0.3) is 5.51 Å². The van der Waals surface area contributed by atoms with Crippen molar-refractivity contribution in [1.82, 2.24) is 10.2 Å². The van der Waals surface area contributed by atoms with Gasteiger partial charge in [-0.2, -0.15) is 0 Å². The van der Waals surface area contributed by atoms with Crippen molar-refractivity contribution in [3.05, 3.63) is 5.51 Å². The number of halogens is 3. The fourth-order valence-corrected chi connectivity index (χ4v) is 1.15. The van der Waals surface area contributed by atoms with Gasteiger partial charge in [-0.05, 0) is 0 Å². The minimum Gasteiger partial charge on any atom is -0.337 e. The third-order valence-corrected chi connectivity index (χ3v) is 2.12. The van der Waals surface area contributed by atoms with Crippen molar-refractivity contribution >= 4 is 15.6 Å². The minimum atomic E-state index is -4.33. The summed E-state index contributed by atoms with van der Waals surface area (Å²) in [6, 6.07) is 0. The number of nitrogens with two attached hydrogens (primary N) is 1. The number of rotatable bonds is 0. The Balaban J connectivity index is 3.05. The van der Waals surface area contributed by atoms with Gasteiger partial charge in [0.15, 0.2) is 10.5 Å². The summed E-state index contributed by atoms with van der Waals surface area (Å²) in [6.07, 6.45) is 0. The molecule has 0 fully saturated rings. The summed E-state index contributed by atoms with van der Waals surface area (Å²) >= 11 is 0. The van der Waals surface area contributed by atoms with Gasteiger partial charge in [0.2, 0.25) is 0 Å². The van der Waals surface area contributed by atoms with Crippen molar-refractivity contribution in [3.8, 4) is 0 Å². The number of anilines is 1. The van der Waals surface area contributed by atoms with Crippen molar-refractivity contribution in [2.45, 2.75) is 5.51 Å². The molecule has 0 aliphatic heterocycles. The molecule has 0 amide bonds. The normalized spacial score (nSPS) is 13.7. The van der Waals surface area contributed by atoms with E-state index < -0.39 is 21.1 Å². The second-order valence-corrected chi connectivity index (χ2v) is 3.21. The molecule has 1 rings (SSSR count). The van der Waals surface area contributed by atoms with E-state index in [1.165, 1.54) is 0 Å². The van der Waals surface area contributed by atoms with E-state index >= 15 is 0 Å². The first-order chi connectivity index (χ1) is 4.52. The maximum absolute atomic E-state index is 11.8. The monoisotopic (exact) mass is 170 g/mol. The summed E-state index contributed by atoms with van der Waals surface area (Å²) in [5.74, 6) is 0. The van der Waals surface area contributed by atoms with Gasteiger partial charge in [-0.25, -0.2) is 0 Å². The topological polar surface area (TPSA) is 51.8 Å². The van der Waals surface area contributed by atoms with E-state index in [2.05, 4.69) is 10.2 Å². The molecular weight excluding hydrogens is 167 g/mol. The highest BCUT2D eigenvalue weighted by molar-refractivity contribution is 7.33. The van der Waals surface area contributed by atoms with Crippen molar-refractivity contribution < 1.29 is 13.2 Å². The van der Waals surface area contributed by atoms with E-state index in [1.807, 2.05) is 0 Å². The van der Waals surface area contributed by atoms with E-state index in [1.54, 1.807) is 0 Å². The van der Waals surface area contributed by atoms with Crippen LogP contribution in [0.5, 0.6) is 0 Å². The number of hydrogen-bond acceptors (Lipinski definition) is 3. The summed E-state index contributed by atoms with van der Waals surface area (Å²) in [6.45, 7) is 0. The molecule has 0 spiro atoms. The van der Waals surface area contributed by atoms with Crippen LogP contribution in [-0.2, 0) is 5.51 Å². The molecule has 1 heterocycles. The maximum atomic E-state index is 11.8. The van der Waals surface area contributed by atoms with Gasteiger partial charge < -0.3 is 5.73 Å². The molecule has 1 atom stereocenters. The average Bonchev–Trinajstić information content (AvgIpc) is 2.11. The molecular formula is C3H3F3N3S+. The SMILES string of the molecule is Nc1nnc[s+]1C(F)(F)F. The van der Waals surface area contributed by atoms with E-state index in [4.69, 9.17) is 5.73 Å². The van der Waals surface area contributed by atoms with E-state index in [9.17, 15) is 13.2 Å². The predicted octanol–water partition coefficient (Wildman–Crippen LogP) is 1.28. The van der Waals surface area contributed by atoms with Crippen molar-refractivity contribution in [3.63, 3.8) is 0 Å². The van der Waals surface area contributed by atoms with Crippen molar-refractivity contribution in [2.75, 3.05) is 5.73 Å². The first kappa shape index (κ1) is 7.26. The Morgan fingerprint density at radius 3 is 2.30 bits per heavy atom. The molecule has 3 nitrogen and oxygen atoms in total. The predicted molar refractivity (Wildman–Crippen MR) is 30.2 cm³/mol. The zero-order valence-electron chi connectivity index (χ0n) is 4.59. The third kappa shape index (κ3) is 1.18. The van der Waals surface area contributed by atoms with E-state index in [0.29, 0.717) is 5.51 Å². The van der Waals surface area contributed by atoms with Gasteiger partial charge in [0, 0.05) is 0 Å². The third-order valence-electron chi connectivity index (χ3n) is 0.784. The van der Waals surface area contributed by atoms with Crippen LogP contribution in [0.2, 0.25) is 0 Å². The summed E-state index contributed by atoms with van der Waals surface area (Å²) in [5.41, 5.74) is 1.26. The zero-order chi connectivity index (χ0) is 7.78. The lowest BCUT2D eigenvalue weighted by molar-refractivity contribution is -0.0867. The van der Waals surface area contributed by atoms with Gasteiger partial charge >= 0.3 is 10.6 Å². The Labute approximate surface area is 56.6 Å². The zero-order valence-corrected chi connectivity index (χ0v) is 5.41. The molecule has 7 heteroatoms. The first-order valence-corrected chi connectivity index (χ1v) is 3.47. The summed E-state index contributed by atoms with van der Waals surface area (Å²) in [4.78, 5) is 0. The number of hydrogen-bond donors (Lipinski definition) is 1. The van der Waals surface area contributed by atoms with Crippen LogP contribution < -0.4 is 5.73 Å². The fourth-order valence-electron chi connectivity index (χ4n) is 0.404. The number of alkyl halides is 3. The van der Waals surface area contributed by atoms with E-state index in [-0.39, 0.29) is 0 Å². The Kier molecular flexibility index (Phi) is 1.51. The van der Waals surface area contributed by atoms with Crippen molar-refractivity contribution in [2.24, 2.45) is 0 Å². The molecule has 0 aliphatic rings. The lowest BCUT2D eigenvalue weighted by Gasteiger charge is -1.90. The molecule has 0 aromatic carbocycles. The van der Waals surface area contributed by atoms with Crippen LogP contribution in [0, 0.1) is 0 Å². The van der Waals surface area contributed by atoms with Gasteiger partial charge in [0.1, 0.15) is 0 Å². The van der Waals surface area contributed by atoms with Crippen LogP contribution in [0.3, 0.4) is 0 Å². The Bertz CT molecular complexity index is 229. The highest BCUT2D eigenvalue weighted by Gasteiger charge is 2.46. The van der Waals surface area contributed by atoms with Crippen LogP contribution in [0.25, 0.3) is 0 Å². The van der Waals surface area contributed by atoms with Crippen LogP contribution in [0.1, 0.15) is 0 Å². The molecule has 0 radical (unpaired) electrons. The largest absolute Gasteiger partial charge is 0.605 e. The number of aromatic nitrogens is 2. The molecule has 2 N–H and O–H groups in total. The molecule has 56 valence electrons. The van der Waals surface area contributed by atoms with Gasteiger partial charge in [-0.1, -0.05) is 10.2 Å². The Morgan fingerprint density at radius 1 is 1.50 bits per heavy atom. The highest BCUT2D eigenvalue weighted by atomic mass is 32.2. The molecule has 0 bridgehead atoms. The van der Waals surface area contributed by atoms with Crippen LogP contribution in [0.4, 0.5) is 18.3 Å². The Morgan fingerprint density at radius 2 is 2.10 bits per heavy atom. The molecule has 10 heavy (non-hydrogen) atoms. The van der Waals surface area contributed by atoms with Crippen molar-refractivity contribution in [1.29, 1.82) is 0 Å². The number of nitrogens with zero attached hydrogens (tertiary/aromatic N) is 2. The summed E-state index contributed by atoms with van der Waals surface area (Å²) < 4.78 is 35.3. The second kappa shape index (κ2) is 2.08. The molecule has 0 saturated heterocycles. The van der Waals surface area contributed by atoms with Crippen LogP contribution >= 0.6 is 10.5 Å². The van der Waals surface area contributed by atoms with Gasteiger partial charge in [0.05, 0.1) is 0 Å². The van der Waals surface area contributed by atoms with Gasteiger partial charge in [-0.3, -0.25) is 0 Å². The lowest BCUT2D eigenvalue weighted by Crippen LogP contribution is -1.97. The number of nitrogen functional groups attached to an aromatic ring is 1. The maximum Gasteiger partial charge on any atom is 0.605 e. The average molecular weight is 170 g/mol. The molecule has 1 unspecified atom stereocenters. The molecule has 1 aromatic heterocycles. The van der Waals surface area contributed by atoms with Crippen LogP contribution in [0.15, 0.2) is 5.51 Å². The minimum absolute atomic E-state index is 0.465. The summed E-state index contributed by atoms with van der Waals surface area (Å²) in [5, 5.41) is 5.62. The highest BCUT2D eigenvalue weighted by Crippen LogP contribution is 2.44. The lowest BCUT2D eigenvalue weighted by atomic mass is 11.3. The van der Waals surface area contributed by atoms with Crippen LogP contribution in [-0.4, -0.2) is 10.2 Å². The Hall–Kier alpha value is -0.850. The fraction of sp³-hybridized carbons (Fsp3) is 0.333. The summed E-state index contributed by atoms with van der Waals surface area (Å²) in [7, 11) is -2.05. The second-order valence-electron chi connectivity index (χ2n) is 1.44. The molecule has 0 saturated carbocycles. The quantitative estimate of drug-likeness (QED) is 0.597. The smallest absolute Gasteiger partial charge is 0.337 e. The molecule has 1 aromatic rings. The molecule has 0 aliphatic carbocycles. The standard InChI is InChI=1S/C3H3F3N3S/c4-3(5,6)10-1-8-9-2(10)7/h1H,(H2,7,9)/q+1. The first-order valence-electron chi connectivity index (χ1n) is 2.18. The van der Waals surface area contributed by atoms with Gasteiger partial charge in [-0.15, -0.1) is 13.2 Å². The van der Waals surface area contributed by atoms with E-state index in [0.717, 1.165) is 0 Å².